The summed E-state index contributed by atoms with van der Waals surface area (Å²) in [5, 5.41) is 0. The number of rotatable bonds is 6. The normalized spacial score (nSPS) is 33.5. The zero-order valence-corrected chi connectivity index (χ0v) is 12.9. The van der Waals surface area contributed by atoms with E-state index in [1.54, 1.807) is 0 Å². The van der Waals surface area contributed by atoms with Crippen molar-refractivity contribution in [1.82, 2.24) is 9.80 Å². The predicted molar refractivity (Wildman–Crippen MR) is 80.0 cm³/mol. The first-order valence-corrected chi connectivity index (χ1v) is 8.47. The maximum absolute atomic E-state index is 6.07. The number of piperidine rings is 1. The molecule has 2 aliphatic heterocycles. The van der Waals surface area contributed by atoms with E-state index in [4.69, 9.17) is 9.47 Å². The molecule has 3 fully saturated rings. The zero-order chi connectivity index (χ0) is 13.8. The Morgan fingerprint density at radius 3 is 2.60 bits per heavy atom. The maximum atomic E-state index is 6.07. The van der Waals surface area contributed by atoms with Crippen LogP contribution in [-0.4, -0.2) is 74.5 Å². The number of ether oxygens (including phenoxy) is 2. The monoisotopic (exact) mass is 282 g/mol. The number of hydrogen-bond acceptors (Lipinski definition) is 4. The molecule has 0 spiro atoms. The fourth-order valence-corrected chi connectivity index (χ4v) is 3.29. The molecular formula is C16H30N2O2. The third-order valence-electron chi connectivity index (χ3n) is 4.78. The van der Waals surface area contributed by atoms with Crippen molar-refractivity contribution in [2.45, 2.75) is 44.8 Å². The second-order valence-electron chi connectivity index (χ2n) is 6.82. The minimum Gasteiger partial charge on any atom is -0.377 e. The van der Waals surface area contributed by atoms with Gasteiger partial charge in [0.05, 0.1) is 18.8 Å². The van der Waals surface area contributed by atoms with Crippen molar-refractivity contribution in [3.63, 3.8) is 0 Å². The quantitative estimate of drug-likeness (QED) is 0.739. The Morgan fingerprint density at radius 1 is 1.05 bits per heavy atom. The Kier molecular flexibility index (Phi) is 5.32. The summed E-state index contributed by atoms with van der Waals surface area (Å²) in [6.07, 6.45) is 6.25. The van der Waals surface area contributed by atoms with Gasteiger partial charge < -0.3 is 9.47 Å². The van der Waals surface area contributed by atoms with E-state index >= 15 is 0 Å². The molecule has 20 heavy (non-hydrogen) atoms. The van der Waals surface area contributed by atoms with Crippen LogP contribution in [0.25, 0.3) is 0 Å². The molecule has 0 aromatic carbocycles. The van der Waals surface area contributed by atoms with Crippen molar-refractivity contribution in [1.29, 1.82) is 0 Å². The molecular weight excluding hydrogens is 252 g/mol. The van der Waals surface area contributed by atoms with Gasteiger partial charge in [0, 0.05) is 39.3 Å². The topological polar surface area (TPSA) is 24.9 Å². The Balaban J connectivity index is 1.33. The number of morpholine rings is 1. The molecule has 1 aliphatic carbocycles. The van der Waals surface area contributed by atoms with E-state index in [-0.39, 0.29) is 0 Å². The van der Waals surface area contributed by atoms with E-state index in [1.807, 2.05) is 0 Å². The highest BCUT2D eigenvalue weighted by atomic mass is 16.5. The van der Waals surface area contributed by atoms with Crippen LogP contribution in [0.1, 0.15) is 32.6 Å². The second kappa shape index (κ2) is 7.21. The zero-order valence-electron chi connectivity index (χ0n) is 12.9. The Labute approximate surface area is 123 Å². The van der Waals surface area contributed by atoms with Gasteiger partial charge in [0.2, 0.25) is 0 Å². The van der Waals surface area contributed by atoms with E-state index in [0.717, 1.165) is 38.8 Å². The van der Waals surface area contributed by atoms with Crippen molar-refractivity contribution >= 4 is 0 Å². The first kappa shape index (κ1) is 14.8. The Hall–Kier alpha value is -0.160. The highest BCUT2D eigenvalue weighted by Crippen LogP contribution is 2.29. The summed E-state index contributed by atoms with van der Waals surface area (Å²) < 4.78 is 11.7. The molecule has 0 bridgehead atoms. The molecule has 3 rings (SSSR count). The van der Waals surface area contributed by atoms with E-state index in [2.05, 4.69) is 16.7 Å². The molecule has 4 heteroatoms. The van der Waals surface area contributed by atoms with Gasteiger partial charge in [-0.3, -0.25) is 9.80 Å². The van der Waals surface area contributed by atoms with Gasteiger partial charge >= 0.3 is 0 Å². The van der Waals surface area contributed by atoms with Gasteiger partial charge in [-0.05, 0) is 45.1 Å². The Bertz CT molecular complexity index is 296. The van der Waals surface area contributed by atoms with Crippen LogP contribution in [0.5, 0.6) is 0 Å². The van der Waals surface area contributed by atoms with Crippen molar-refractivity contribution in [3.05, 3.63) is 0 Å². The van der Waals surface area contributed by atoms with E-state index in [0.29, 0.717) is 12.2 Å². The number of nitrogens with zero attached hydrogens (tertiary/aromatic N) is 2. The van der Waals surface area contributed by atoms with Crippen LogP contribution >= 0.6 is 0 Å². The van der Waals surface area contributed by atoms with Crippen LogP contribution in [0.2, 0.25) is 0 Å². The van der Waals surface area contributed by atoms with Crippen molar-refractivity contribution in [2.24, 2.45) is 5.92 Å². The number of likely N-dealkylation sites (tertiary alicyclic amines) is 1. The lowest BCUT2D eigenvalue weighted by Crippen LogP contribution is -2.47. The SMILES string of the molecule is C[C@H]1CN(CCN2CCC[C@H](OCC3CC3)C2)CCO1. The summed E-state index contributed by atoms with van der Waals surface area (Å²) in [4.78, 5) is 5.14. The molecule has 0 unspecified atom stereocenters. The summed E-state index contributed by atoms with van der Waals surface area (Å²) in [6, 6.07) is 0. The molecule has 2 atom stereocenters. The number of hydrogen-bond donors (Lipinski definition) is 0. The maximum Gasteiger partial charge on any atom is 0.0702 e. The minimum absolute atomic E-state index is 0.403. The molecule has 0 aromatic rings. The third-order valence-corrected chi connectivity index (χ3v) is 4.78. The fourth-order valence-electron chi connectivity index (χ4n) is 3.29. The van der Waals surface area contributed by atoms with Gasteiger partial charge in [0.1, 0.15) is 0 Å². The minimum atomic E-state index is 0.403. The Morgan fingerprint density at radius 2 is 1.85 bits per heavy atom. The third kappa shape index (κ3) is 4.69. The largest absolute Gasteiger partial charge is 0.377 e. The molecule has 2 heterocycles. The van der Waals surface area contributed by atoms with Crippen molar-refractivity contribution in [2.75, 3.05) is 52.5 Å². The smallest absolute Gasteiger partial charge is 0.0702 e. The van der Waals surface area contributed by atoms with Gasteiger partial charge in [-0.2, -0.15) is 0 Å². The van der Waals surface area contributed by atoms with Gasteiger partial charge in [-0.15, -0.1) is 0 Å². The van der Waals surface area contributed by atoms with Gasteiger partial charge in [-0.25, -0.2) is 0 Å². The molecule has 2 saturated heterocycles. The summed E-state index contributed by atoms with van der Waals surface area (Å²) in [7, 11) is 0. The van der Waals surface area contributed by atoms with E-state index in [1.165, 1.54) is 45.3 Å². The summed E-state index contributed by atoms with van der Waals surface area (Å²) in [5.41, 5.74) is 0. The highest BCUT2D eigenvalue weighted by Gasteiger charge is 2.26. The van der Waals surface area contributed by atoms with Crippen LogP contribution in [-0.2, 0) is 9.47 Å². The predicted octanol–water partition coefficient (Wildman–Crippen LogP) is 1.60. The van der Waals surface area contributed by atoms with Gasteiger partial charge in [-0.1, -0.05) is 0 Å². The van der Waals surface area contributed by atoms with Crippen molar-refractivity contribution < 1.29 is 9.47 Å². The lowest BCUT2D eigenvalue weighted by Gasteiger charge is -2.36. The second-order valence-corrected chi connectivity index (χ2v) is 6.82. The molecule has 0 radical (unpaired) electrons. The average molecular weight is 282 g/mol. The molecule has 0 aromatic heterocycles. The molecule has 3 aliphatic rings. The fraction of sp³-hybridized carbons (Fsp3) is 1.00. The molecule has 4 nitrogen and oxygen atoms in total. The van der Waals surface area contributed by atoms with Crippen LogP contribution in [0.3, 0.4) is 0 Å². The molecule has 1 saturated carbocycles. The van der Waals surface area contributed by atoms with Crippen LogP contribution in [0.15, 0.2) is 0 Å². The van der Waals surface area contributed by atoms with Gasteiger partial charge in [0.15, 0.2) is 0 Å². The first-order valence-electron chi connectivity index (χ1n) is 8.47. The molecule has 0 amide bonds. The van der Waals surface area contributed by atoms with Crippen LogP contribution in [0.4, 0.5) is 0 Å². The standard InChI is InChI=1S/C16H30N2O2/c1-14-11-18(9-10-19-14)8-7-17-6-2-3-16(12-17)20-13-15-4-5-15/h14-16H,2-13H2,1H3/t14-,16-/m0/s1. The van der Waals surface area contributed by atoms with Crippen molar-refractivity contribution in [3.8, 4) is 0 Å². The molecule has 116 valence electrons. The highest BCUT2D eigenvalue weighted by molar-refractivity contribution is 4.78. The summed E-state index contributed by atoms with van der Waals surface area (Å²) in [6.45, 7) is 11.0. The van der Waals surface area contributed by atoms with E-state index < -0.39 is 0 Å². The molecule has 0 N–H and O–H groups in total. The lowest BCUT2D eigenvalue weighted by molar-refractivity contribution is -0.0296. The summed E-state index contributed by atoms with van der Waals surface area (Å²) in [5.74, 6) is 0.889. The first-order chi connectivity index (χ1) is 9.79. The van der Waals surface area contributed by atoms with E-state index in [9.17, 15) is 0 Å². The average Bonchev–Trinajstić information content (AvgIpc) is 3.28. The summed E-state index contributed by atoms with van der Waals surface area (Å²) >= 11 is 0. The van der Waals surface area contributed by atoms with Crippen LogP contribution in [0, 0.1) is 5.92 Å². The van der Waals surface area contributed by atoms with Gasteiger partial charge in [0.25, 0.3) is 0 Å². The lowest BCUT2D eigenvalue weighted by atomic mass is 10.1. The van der Waals surface area contributed by atoms with Crippen LogP contribution < -0.4 is 0 Å².